The maximum Gasteiger partial charge on any atom is 0.299 e. The van der Waals surface area contributed by atoms with Gasteiger partial charge in [-0.15, -0.1) is 0 Å². The number of ketones is 1. The Morgan fingerprint density at radius 1 is 0.703 bits per heavy atom. The van der Waals surface area contributed by atoms with Crippen LogP contribution in [0.25, 0.3) is 0 Å². The van der Waals surface area contributed by atoms with Crippen molar-refractivity contribution in [1.82, 2.24) is 0 Å². The van der Waals surface area contributed by atoms with Gasteiger partial charge in [-0.05, 0) is 36.4 Å². The molecule has 0 radical (unpaired) electrons. The van der Waals surface area contributed by atoms with Gasteiger partial charge in [0.1, 0.15) is 18.7 Å². The first-order valence-electron chi connectivity index (χ1n) is 11.5. The zero-order valence-electron chi connectivity index (χ0n) is 20.1. The van der Waals surface area contributed by atoms with Gasteiger partial charge in [0.2, 0.25) is 0 Å². The maximum atomic E-state index is 13.6. The van der Waals surface area contributed by atoms with Crippen LogP contribution in [0.1, 0.15) is 15.9 Å². The third kappa shape index (κ3) is 5.82. The molecule has 0 saturated heterocycles. The van der Waals surface area contributed by atoms with Crippen LogP contribution < -0.4 is 9.80 Å². The molecule has 2 aliphatic heterocycles. The molecule has 2 heterocycles. The van der Waals surface area contributed by atoms with Crippen molar-refractivity contribution >= 4 is 34.7 Å². The van der Waals surface area contributed by atoms with E-state index in [4.69, 9.17) is 19.0 Å². The summed E-state index contributed by atoms with van der Waals surface area (Å²) in [6.07, 6.45) is 0. The van der Waals surface area contributed by atoms with Gasteiger partial charge in [-0.2, -0.15) is 0 Å². The molecule has 2 aromatic rings. The highest BCUT2D eigenvalue weighted by Gasteiger charge is 2.36. The van der Waals surface area contributed by atoms with Crippen molar-refractivity contribution in [3.8, 4) is 0 Å². The zero-order chi connectivity index (χ0) is 26.4. The number of hydrogen-bond donors (Lipinski definition) is 0. The Morgan fingerprint density at radius 3 is 1.76 bits per heavy atom. The summed E-state index contributed by atoms with van der Waals surface area (Å²) in [5.74, 6) is -2.87. The van der Waals surface area contributed by atoms with Crippen molar-refractivity contribution in [2.24, 2.45) is 5.16 Å². The summed E-state index contributed by atoms with van der Waals surface area (Å²) >= 11 is 0. The Morgan fingerprint density at radius 2 is 1.19 bits per heavy atom. The fourth-order valence-corrected chi connectivity index (χ4v) is 4.04. The first-order valence-corrected chi connectivity index (χ1v) is 11.5. The van der Waals surface area contributed by atoms with E-state index in [0.717, 1.165) is 6.07 Å². The van der Waals surface area contributed by atoms with Crippen molar-refractivity contribution in [1.29, 1.82) is 0 Å². The SMILES string of the molecule is CO/N=C1/C(=O)N(CCOCCOCCOCCN2C(=O)C(=O)c3cc(F)ccc32)c2ccc(F)cc21. The number of Topliss-reactive ketones (excluding diaryl/α,β-unsaturated/α-hetero) is 1. The summed E-state index contributed by atoms with van der Waals surface area (Å²) in [7, 11) is 1.31. The third-order valence-corrected chi connectivity index (χ3v) is 5.73. The predicted octanol–water partition coefficient (Wildman–Crippen LogP) is 1.94. The molecule has 2 amide bonds. The Balaban J connectivity index is 1.09. The number of nitrogens with zero attached hydrogens (tertiary/aromatic N) is 3. The van der Waals surface area contributed by atoms with Crippen LogP contribution in [0.4, 0.5) is 20.2 Å². The van der Waals surface area contributed by atoms with E-state index in [9.17, 15) is 23.2 Å². The first kappa shape index (κ1) is 26.3. The summed E-state index contributed by atoms with van der Waals surface area (Å²) in [5.41, 5.74) is 1.38. The average molecular weight is 517 g/mol. The molecule has 196 valence electrons. The second kappa shape index (κ2) is 12.0. The standard InChI is InChI=1S/C25H25F2N3O7/c1-34-28-22-18-14-16(26)2-4-20(18)29(24(22)32)6-8-35-10-12-37-13-11-36-9-7-30-21-5-3-17(27)15-19(21)23(31)25(30)33/h2-5,14-15H,6-13H2,1H3/b28-22+. The molecular formula is C25H25F2N3O7. The molecule has 12 heteroatoms. The van der Waals surface area contributed by atoms with Crippen molar-refractivity contribution in [2.75, 3.05) is 69.6 Å². The molecule has 0 atom stereocenters. The van der Waals surface area contributed by atoms with Gasteiger partial charge in [-0.25, -0.2) is 8.78 Å². The van der Waals surface area contributed by atoms with Gasteiger partial charge in [0.15, 0.2) is 5.71 Å². The number of carbonyl (C=O) groups excluding carboxylic acids is 3. The molecule has 0 aliphatic carbocycles. The molecule has 10 nitrogen and oxygen atoms in total. The van der Waals surface area contributed by atoms with Gasteiger partial charge in [0, 0.05) is 18.7 Å². The van der Waals surface area contributed by atoms with E-state index in [-0.39, 0.29) is 50.8 Å². The fourth-order valence-electron chi connectivity index (χ4n) is 4.04. The number of rotatable bonds is 13. The number of ether oxygens (including phenoxy) is 3. The Labute approximate surface area is 211 Å². The van der Waals surface area contributed by atoms with Crippen LogP contribution in [-0.4, -0.2) is 83.1 Å². The quantitative estimate of drug-likeness (QED) is 0.227. The molecule has 0 aromatic heterocycles. The van der Waals surface area contributed by atoms with Gasteiger partial charge in [0.25, 0.3) is 17.6 Å². The molecule has 4 rings (SSSR count). The summed E-state index contributed by atoms with van der Waals surface area (Å²) < 4.78 is 43.4. The maximum absolute atomic E-state index is 13.6. The van der Waals surface area contributed by atoms with E-state index < -0.39 is 29.2 Å². The first-order chi connectivity index (χ1) is 17.9. The zero-order valence-corrected chi connectivity index (χ0v) is 20.1. The van der Waals surface area contributed by atoms with Crippen molar-refractivity contribution < 1.29 is 42.2 Å². The molecule has 0 saturated carbocycles. The number of carbonyl (C=O) groups is 3. The normalized spacial score (nSPS) is 15.6. The predicted molar refractivity (Wildman–Crippen MR) is 128 cm³/mol. The van der Waals surface area contributed by atoms with E-state index in [0.29, 0.717) is 30.2 Å². The number of oxime groups is 1. The van der Waals surface area contributed by atoms with Crippen molar-refractivity contribution in [2.45, 2.75) is 0 Å². The minimum absolute atomic E-state index is 0.0409. The highest BCUT2D eigenvalue weighted by Crippen LogP contribution is 2.30. The van der Waals surface area contributed by atoms with Gasteiger partial charge in [-0.3, -0.25) is 14.4 Å². The Bertz CT molecular complexity index is 1220. The minimum atomic E-state index is -0.728. The van der Waals surface area contributed by atoms with Crippen LogP contribution in [0.15, 0.2) is 41.6 Å². The molecule has 37 heavy (non-hydrogen) atoms. The lowest BCUT2D eigenvalue weighted by Crippen LogP contribution is -2.33. The highest BCUT2D eigenvalue weighted by atomic mass is 19.1. The van der Waals surface area contributed by atoms with Crippen molar-refractivity contribution in [3.05, 3.63) is 59.2 Å². The lowest BCUT2D eigenvalue weighted by molar-refractivity contribution is -0.114. The monoisotopic (exact) mass is 517 g/mol. The van der Waals surface area contributed by atoms with Crippen LogP contribution >= 0.6 is 0 Å². The van der Waals surface area contributed by atoms with Gasteiger partial charge < -0.3 is 28.8 Å². The fraction of sp³-hybridized carbons (Fsp3) is 0.360. The molecule has 0 spiro atoms. The number of anilines is 2. The molecule has 0 unspecified atom stereocenters. The van der Waals surface area contributed by atoms with Gasteiger partial charge in [-0.1, -0.05) is 5.16 Å². The molecule has 0 N–H and O–H groups in total. The summed E-state index contributed by atoms with van der Waals surface area (Å²) in [4.78, 5) is 44.1. The van der Waals surface area contributed by atoms with E-state index in [2.05, 4.69) is 5.16 Å². The minimum Gasteiger partial charge on any atom is -0.398 e. The molecule has 0 bridgehead atoms. The van der Waals surface area contributed by atoms with Crippen LogP contribution in [0, 0.1) is 11.6 Å². The van der Waals surface area contributed by atoms with Crippen LogP contribution in [0.5, 0.6) is 0 Å². The number of halogens is 2. The van der Waals surface area contributed by atoms with Crippen LogP contribution in [-0.2, 0) is 28.6 Å². The number of amides is 2. The van der Waals surface area contributed by atoms with Crippen LogP contribution in [0.3, 0.4) is 0 Å². The summed E-state index contributed by atoms with van der Waals surface area (Å²) in [5, 5.41) is 3.72. The largest absolute Gasteiger partial charge is 0.398 e. The average Bonchev–Trinajstić information content (AvgIpc) is 3.27. The number of fused-ring (bicyclic) bond motifs is 2. The van der Waals surface area contributed by atoms with E-state index in [1.54, 1.807) is 0 Å². The highest BCUT2D eigenvalue weighted by molar-refractivity contribution is 6.54. The number of benzene rings is 2. The lowest BCUT2D eigenvalue weighted by Gasteiger charge is -2.17. The molecular weight excluding hydrogens is 492 g/mol. The summed E-state index contributed by atoms with van der Waals surface area (Å²) in [6, 6.07) is 7.69. The Hall–Kier alpha value is -3.74. The molecule has 0 fully saturated rings. The van der Waals surface area contributed by atoms with Gasteiger partial charge in [0.05, 0.1) is 56.6 Å². The smallest absolute Gasteiger partial charge is 0.299 e. The molecule has 2 aliphatic rings. The second-order valence-corrected chi connectivity index (χ2v) is 8.03. The third-order valence-electron chi connectivity index (χ3n) is 5.73. The van der Waals surface area contributed by atoms with E-state index in [1.165, 1.54) is 47.2 Å². The lowest BCUT2D eigenvalue weighted by atomic mass is 10.1. The van der Waals surface area contributed by atoms with Crippen LogP contribution in [0.2, 0.25) is 0 Å². The van der Waals surface area contributed by atoms with Crippen molar-refractivity contribution in [3.63, 3.8) is 0 Å². The van der Waals surface area contributed by atoms with E-state index in [1.807, 2.05) is 0 Å². The second-order valence-electron chi connectivity index (χ2n) is 8.03. The van der Waals surface area contributed by atoms with Gasteiger partial charge >= 0.3 is 0 Å². The summed E-state index contributed by atoms with van der Waals surface area (Å²) in [6.45, 7) is 1.96. The topological polar surface area (TPSA) is 107 Å². The number of hydrogen-bond acceptors (Lipinski definition) is 8. The Kier molecular flexibility index (Phi) is 8.54. The van der Waals surface area contributed by atoms with E-state index >= 15 is 0 Å². The molecule has 2 aromatic carbocycles.